The van der Waals surface area contributed by atoms with Crippen LogP contribution in [0.3, 0.4) is 0 Å². The monoisotopic (exact) mass is 212 g/mol. The molecule has 0 fully saturated rings. The summed E-state index contributed by atoms with van der Waals surface area (Å²) in [5.74, 6) is 0.0832. The second-order valence-corrected chi connectivity index (χ2v) is 3.26. The van der Waals surface area contributed by atoms with Gasteiger partial charge in [-0.25, -0.2) is 0 Å². The number of hydrogen-bond donors (Lipinski definition) is 2. The lowest BCUT2D eigenvalue weighted by Gasteiger charge is -2.01. The van der Waals surface area contributed by atoms with Gasteiger partial charge in [0.2, 0.25) is 5.91 Å². The molecule has 76 valence electrons. The van der Waals surface area contributed by atoms with Gasteiger partial charge in [0.15, 0.2) is 0 Å². The van der Waals surface area contributed by atoms with Gasteiger partial charge in [-0.15, -0.1) is 12.4 Å². The second-order valence-electron chi connectivity index (χ2n) is 3.26. The van der Waals surface area contributed by atoms with Crippen LogP contribution in [0.2, 0.25) is 0 Å². The molecule has 0 bridgehead atoms. The van der Waals surface area contributed by atoms with Crippen LogP contribution in [0, 0.1) is 0 Å². The summed E-state index contributed by atoms with van der Waals surface area (Å²) in [6.45, 7) is 0.653. The molecule has 0 atom stereocenters. The van der Waals surface area contributed by atoms with Crippen LogP contribution in [0.5, 0.6) is 0 Å². The van der Waals surface area contributed by atoms with E-state index in [2.05, 4.69) is 11.4 Å². The van der Waals surface area contributed by atoms with Crippen molar-refractivity contribution in [3.63, 3.8) is 0 Å². The topological polar surface area (TPSA) is 55.1 Å². The summed E-state index contributed by atoms with van der Waals surface area (Å²) in [6.07, 6.45) is 1.38. The molecule has 14 heavy (non-hydrogen) atoms. The molecule has 1 amide bonds. The zero-order valence-electron chi connectivity index (χ0n) is 7.75. The van der Waals surface area contributed by atoms with E-state index in [1.807, 2.05) is 12.1 Å². The molecule has 3 nitrogen and oxygen atoms in total. The Hall–Kier alpha value is -1.06. The molecular formula is C10H13ClN2O. The third kappa shape index (κ3) is 2.05. The summed E-state index contributed by atoms with van der Waals surface area (Å²) >= 11 is 0. The van der Waals surface area contributed by atoms with Crippen molar-refractivity contribution >= 4 is 24.0 Å². The fourth-order valence-electron chi connectivity index (χ4n) is 1.60. The fourth-order valence-corrected chi connectivity index (χ4v) is 1.60. The first-order valence-corrected chi connectivity index (χ1v) is 4.41. The van der Waals surface area contributed by atoms with Gasteiger partial charge in [0.05, 0.1) is 6.42 Å². The molecule has 1 aromatic rings. The molecule has 4 heteroatoms. The van der Waals surface area contributed by atoms with Crippen molar-refractivity contribution in [3.05, 3.63) is 29.3 Å². The Bertz CT molecular complexity index is 352. The van der Waals surface area contributed by atoms with Crippen LogP contribution in [0.1, 0.15) is 11.1 Å². The molecule has 1 aliphatic heterocycles. The van der Waals surface area contributed by atoms with Gasteiger partial charge in [-0.05, 0) is 30.2 Å². The Balaban J connectivity index is 0.000000980. The zero-order chi connectivity index (χ0) is 9.26. The molecule has 0 aliphatic carbocycles. The third-order valence-corrected chi connectivity index (χ3v) is 2.23. The maximum absolute atomic E-state index is 11.0. The number of rotatable bonds is 2. The Morgan fingerprint density at radius 1 is 1.43 bits per heavy atom. The lowest BCUT2D eigenvalue weighted by molar-refractivity contribution is -0.115. The summed E-state index contributed by atoms with van der Waals surface area (Å²) in [5, 5.41) is 2.80. The van der Waals surface area contributed by atoms with Gasteiger partial charge >= 0.3 is 0 Å². The molecule has 0 unspecified atom stereocenters. The van der Waals surface area contributed by atoms with E-state index in [1.54, 1.807) is 0 Å². The van der Waals surface area contributed by atoms with Crippen LogP contribution in [0.15, 0.2) is 18.2 Å². The van der Waals surface area contributed by atoms with Crippen LogP contribution >= 0.6 is 12.4 Å². The minimum absolute atomic E-state index is 0. The van der Waals surface area contributed by atoms with E-state index in [1.165, 1.54) is 5.56 Å². The lowest BCUT2D eigenvalue weighted by Crippen LogP contribution is -2.03. The highest BCUT2D eigenvalue weighted by atomic mass is 35.5. The first-order chi connectivity index (χ1) is 6.29. The minimum atomic E-state index is 0. The summed E-state index contributed by atoms with van der Waals surface area (Å²) in [6, 6.07) is 6.02. The molecule has 0 saturated carbocycles. The molecule has 1 aromatic carbocycles. The number of anilines is 1. The Morgan fingerprint density at radius 2 is 2.21 bits per heavy atom. The van der Waals surface area contributed by atoms with E-state index < -0.39 is 0 Å². The van der Waals surface area contributed by atoms with Crippen molar-refractivity contribution in [1.29, 1.82) is 0 Å². The number of nitrogens with one attached hydrogen (secondary N) is 1. The molecule has 0 spiro atoms. The smallest absolute Gasteiger partial charge is 0.228 e. The molecule has 1 heterocycles. The van der Waals surface area contributed by atoms with Gasteiger partial charge in [-0.2, -0.15) is 0 Å². The predicted octanol–water partition coefficient (Wildman–Crippen LogP) is 1.10. The van der Waals surface area contributed by atoms with E-state index >= 15 is 0 Å². The van der Waals surface area contributed by atoms with E-state index in [9.17, 15) is 4.79 Å². The number of carbonyl (C=O) groups is 1. The van der Waals surface area contributed by atoms with E-state index in [0.717, 1.165) is 17.7 Å². The minimum Gasteiger partial charge on any atom is -0.330 e. The highest BCUT2D eigenvalue weighted by molar-refractivity contribution is 5.99. The fraction of sp³-hybridized carbons (Fsp3) is 0.300. The number of nitrogens with two attached hydrogens (primary N) is 1. The highest BCUT2D eigenvalue weighted by Crippen LogP contribution is 2.23. The maximum Gasteiger partial charge on any atom is 0.228 e. The summed E-state index contributed by atoms with van der Waals surface area (Å²) < 4.78 is 0. The Kier molecular flexibility index (Phi) is 3.49. The van der Waals surface area contributed by atoms with Crippen molar-refractivity contribution in [1.82, 2.24) is 0 Å². The van der Waals surface area contributed by atoms with Crippen molar-refractivity contribution < 1.29 is 4.79 Å². The van der Waals surface area contributed by atoms with E-state index in [-0.39, 0.29) is 18.3 Å². The molecule has 3 N–H and O–H groups in total. The van der Waals surface area contributed by atoms with Crippen molar-refractivity contribution in [2.24, 2.45) is 5.73 Å². The maximum atomic E-state index is 11.0. The number of carbonyl (C=O) groups excluding carboxylic acids is 1. The SMILES string of the molecule is Cl.NCCc1ccc2c(c1)CC(=O)N2. The molecule has 1 aliphatic rings. The van der Waals surface area contributed by atoms with E-state index in [4.69, 9.17) is 5.73 Å². The number of halogens is 1. The predicted molar refractivity (Wildman–Crippen MR) is 58.8 cm³/mol. The standard InChI is InChI=1S/C10H12N2O.ClH/c11-4-3-7-1-2-9-8(5-7)6-10(13)12-9;/h1-2,5H,3-4,6,11H2,(H,12,13);1H. The second kappa shape index (κ2) is 4.44. The van der Waals surface area contributed by atoms with Gasteiger partial charge in [-0.3, -0.25) is 4.79 Å². The van der Waals surface area contributed by atoms with Crippen molar-refractivity contribution in [2.75, 3.05) is 11.9 Å². The highest BCUT2D eigenvalue weighted by Gasteiger charge is 2.16. The van der Waals surface area contributed by atoms with Gasteiger partial charge < -0.3 is 11.1 Å². The average molecular weight is 213 g/mol. The molecule has 2 rings (SSSR count). The molecular weight excluding hydrogens is 200 g/mol. The zero-order valence-corrected chi connectivity index (χ0v) is 8.56. The Morgan fingerprint density at radius 3 is 2.93 bits per heavy atom. The molecule has 0 radical (unpaired) electrons. The quantitative estimate of drug-likeness (QED) is 0.772. The summed E-state index contributed by atoms with van der Waals surface area (Å²) in [7, 11) is 0. The van der Waals surface area contributed by atoms with Crippen LogP contribution in [-0.2, 0) is 17.6 Å². The van der Waals surface area contributed by atoms with Crippen molar-refractivity contribution in [2.45, 2.75) is 12.8 Å². The third-order valence-electron chi connectivity index (χ3n) is 2.23. The van der Waals surface area contributed by atoms with Crippen LogP contribution < -0.4 is 11.1 Å². The number of fused-ring (bicyclic) bond motifs is 1. The first kappa shape index (κ1) is 11.0. The summed E-state index contributed by atoms with van der Waals surface area (Å²) in [4.78, 5) is 11.0. The van der Waals surface area contributed by atoms with E-state index in [0.29, 0.717) is 13.0 Å². The lowest BCUT2D eigenvalue weighted by atomic mass is 10.1. The van der Waals surface area contributed by atoms with Gasteiger partial charge in [0.1, 0.15) is 0 Å². The van der Waals surface area contributed by atoms with Gasteiger partial charge in [0.25, 0.3) is 0 Å². The average Bonchev–Trinajstić information content (AvgIpc) is 2.44. The van der Waals surface area contributed by atoms with Crippen LogP contribution in [-0.4, -0.2) is 12.5 Å². The molecule has 0 aromatic heterocycles. The van der Waals surface area contributed by atoms with Crippen molar-refractivity contribution in [3.8, 4) is 0 Å². The summed E-state index contributed by atoms with van der Waals surface area (Å²) in [5.41, 5.74) is 8.70. The normalized spacial score (nSPS) is 13.1. The van der Waals surface area contributed by atoms with Crippen LogP contribution in [0.25, 0.3) is 0 Å². The number of amides is 1. The number of benzene rings is 1. The first-order valence-electron chi connectivity index (χ1n) is 4.41. The Labute approximate surface area is 89.1 Å². The molecule has 0 saturated heterocycles. The number of hydrogen-bond acceptors (Lipinski definition) is 2. The van der Waals surface area contributed by atoms with Crippen LogP contribution in [0.4, 0.5) is 5.69 Å². The van der Waals surface area contributed by atoms with Gasteiger partial charge in [-0.1, -0.05) is 12.1 Å². The van der Waals surface area contributed by atoms with Gasteiger partial charge in [0, 0.05) is 5.69 Å². The largest absolute Gasteiger partial charge is 0.330 e.